The molecule has 0 heterocycles. The molecule has 1 aromatic rings. The molecule has 6 N–H and O–H groups in total. The fourth-order valence-electron chi connectivity index (χ4n) is 2.44. The maximum absolute atomic E-state index is 11.7. The maximum Gasteiger partial charge on any atom is 0.251 e. The van der Waals surface area contributed by atoms with Crippen LogP contribution in [-0.4, -0.2) is 49.5 Å². The Hall–Kier alpha value is -0.276. The number of carbonyl (C=O) groups is 1. The molecule has 0 saturated carbocycles. The van der Waals surface area contributed by atoms with E-state index in [0.717, 1.165) is 59.6 Å². The molecule has 1 aromatic carbocycles. The molecule has 1 rings (SSSR count). The van der Waals surface area contributed by atoms with Crippen LogP contribution in [0.2, 0.25) is 0 Å². The van der Waals surface area contributed by atoms with Gasteiger partial charge in [0.15, 0.2) is 0 Å². The average Bonchev–Trinajstić information content (AvgIpc) is 2.79. The molecule has 10 heteroatoms. The van der Waals surface area contributed by atoms with Crippen LogP contribution in [0, 0.1) is 12.3 Å². The van der Waals surface area contributed by atoms with Gasteiger partial charge < -0.3 is 15.5 Å². The van der Waals surface area contributed by atoms with E-state index >= 15 is 0 Å². The quantitative estimate of drug-likeness (QED) is 0.0730. The molecule has 0 aliphatic carbocycles. The maximum atomic E-state index is 11.7. The van der Waals surface area contributed by atoms with Crippen molar-refractivity contribution in [1.82, 2.24) is 5.32 Å². The zero-order valence-corrected chi connectivity index (χ0v) is 23.9. The number of hydroxylamine groups is 2. The summed E-state index contributed by atoms with van der Waals surface area (Å²) in [6, 6.07) is 7.22. The Kier molecular flexibility index (Phi) is 25.3. The monoisotopic (exact) mass is 605 g/mol. The minimum atomic E-state index is -0.0503. The summed E-state index contributed by atoms with van der Waals surface area (Å²) in [7, 11) is 1.61. The first-order valence-corrected chi connectivity index (χ1v) is 11.9. The van der Waals surface area contributed by atoms with E-state index in [1.165, 1.54) is 11.9 Å². The summed E-state index contributed by atoms with van der Waals surface area (Å²) >= 11 is 4.47. The van der Waals surface area contributed by atoms with Crippen molar-refractivity contribution in [3.05, 3.63) is 40.5 Å². The molecule has 0 aliphatic heterocycles. The van der Waals surface area contributed by atoms with Crippen molar-refractivity contribution in [2.45, 2.75) is 43.4 Å². The van der Waals surface area contributed by atoms with Crippen LogP contribution in [0.25, 0.3) is 0 Å². The van der Waals surface area contributed by atoms with Crippen molar-refractivity contribution in [1.29, 1.82) is 0 Å². The van der Waals surface area contributed by atoms with E-state index in [1.54, 1.807) is 25.3 Å². The van der Waals surface area contributed by atoms with E-state index < -0.39 is 0 Å². The van der Waals surface area contributed by atoms with Crippen LogP contribution in [0.15, 0.2) is 39.8 Å². The topological polar surface area (TPSA) is 109 Å². The van der Waals surface area contributed by atoms with Gasteiger partial charge in [-0.2, -0.15) is 5.06 Å². The number of hydrogen-bond acceptors (Lipinski definition) is 6. The van der Waals surface area contributed by atoms with Crippen LogP contribution in [0.1, 0.15) is 48.9 Å². The van der Waals surface area contributed by atoms with Crippen LogP contribution in [0.3, 0.4) is 0 Å². The average molecular weight is 606 g/mol. The Morgan fingerprint density at radius 1 is 1.25 bits per heavy atom. The van der Waals surface area contributed by atoms with Gasteiger partial charge in [-0.3, -0.25) is 9.93 Å². The number of carbonyl (C=O) groups excluding carboxylic acids is 1. The second-order valence-electron chi connectivity index (χ2n) is 6.46. The van der Waals surface area contributed by atoms with Crippen molar-refractivity contribution < 1.29 is 57.6 Å². The molecule has 1 atom stereocenters. The Labute approximate surface area is 230 Å². The van der Waals surface area contributed by atoms with Crippen LogP contribution < -0.4 is 15.5 Å². The number of unbranched alkanes of at least 4 members (excludes halogenated alkanes) is 4. The van der Waals surface area contributed by atoms with Crippen molar-refractivity contribution >= 4 is 33.8 Å². The molecule has 1 amide bonds. The first kappa shape index (κ1) is 33.9. The van der Waals surface area contributed by atoms with Gasteiger partial charge in [-0.05, 0) is 49.1 Å². The zero-order valence-electron chi connectivity index (χ0n) is 18.7. The number of nitrogens with two attached hydrogens (primary N) is 1. The smallest absolute Gasteiger partial charge is 0.251 e. The van der Waals surface area contributed by atoms with Gasteiger partial charge >= 0.3 is 0 Å². The predicted octanol–water partition coefficient (Wildman–Crippen LogP) is 2.01. The Balaban J connectivity index is 0. The minimum absolute atomic E-state index is 0. The van der Waals surface area contributed by atoms with Crippen LogP contribution >= 0.6 is 27.9 Å². The molecule has 1 radical (unpaired) electrons. The summed E-state index contributed by atoms with van der Waals surface area (Å²) in [6.07, 6.45) is 12.2. The van der Waals surface area contributed by atoms with Gasteiger partial charge in [0, 0.05) is 91.2 Å². The molecule has 0 bridgehead atoms. The standard InChI is InChI=1S/C13H20N2O2S.C9H14BrNO2.Y/c14-18-12-7-5-11(6-8-12)13(17)15-9-3-1-2-4-10-16;1-3-4-5-7-11(13-2)9(10)6-8-12;/h5-8,16H,1-4,9-10,14H2,(H,15,17);1,6,12H,4-5,7-8H2,2H3;/p+1/b;9-6+;. The van der Waals surface area contributed by atoms with Gasteiger partial charge in [0.1, 0.15) is 6.54 Å². The Morgan fingerprint density at radius 2 is 1.91 bits per heavy atom. The molecule has 1 unspecified atom stereocenters. The molecular weight excluding hydrogens is 571 g/mol. The van der Waals surface area contributed by atoms with Crippen LogP contribution in [0.5, 0.6) is 0 Å². The van der Waals surface area contributed by atoms with E-state index in [1.807, 2.05) is 12.1 Å². The summed E-state index contributed by atoms with van der Waals surface area (Å²) in [5, 5.41) is 26.4. The van der Waals surface area contributed by atoms with Gasteiger partial charge in [-0.1, -0.05) is 12.8 Å². The second-order valence-corrected chi connectivity index (χ2v) is 8.02. The third kappa shape index (κ3) is 17.2. The molecule has 0 spiro atoms. The normalized spacial score (nSPS) is 11.4. The number of halogens is 1. The first-order valence-electron chi connectivity index (χ1n) is 10.2. The summed E-state index contributed by atoms with van der Waals surface area (Å²) in [6.45, 7) is 1.72. The van der Waals surface area contributed by atoms with Gasteiger partial charge in [0.2, 0.25) is 4.61 Å². The first-order chi connectivity index (χ1) is 15.0. The van der Waals surface area contributed by atoms with E-state index in [2.05, 4.69) is 27.2 Å². The number of terminal acetylenes is 1. The van der Waals surface area contributed by atoms with Crippen LogP contribution in [0.4, 0.5) is 0 Å². The SMILES string of the molecule is C#CCCC[NH+](OC)/C(Br)=C/CO.NSc1ccc(C(=O)NCCCCCCO)cc1.[Y]. The summed E-state index contributed by atoms with van der Waals surface area (Å²) < 4.78 is 0.800. The second kappa shape index (κ2) is 23.9. The number of amides is 1. The summed E-state index contributed by atoms with van der Waals surface area (Å²) in [4.78, 5) is 17.8. The third-order valence-corrected chi connectivity index (χ3v) is 5.44. The number of aliphatic hydroxyl groups excluding tert-OH is 2. The molecule has 0 aliphatic rings. The fourth-order valence-corrected chi connectivity index (χ4v) is 3.24. The number of rotatable bonds is 14. The zero-order chi connectivity index (χ0) is 23.3. The number of hydrogen-bond donors (Lipinski definition) is 5. The number of quaternary nitrogens is 1. The van der Waals surface area contributed by atoms with Gasteiger partial charge in [0.05, 0.1) is 13.7 Å². The number of nitrogens with one attached hydrogen (secondary N) is 2. The molecule has 0 fully saturated rings. The summed E-state index contributed by atoms with van der Waals surface area (Å²) in [5.74, 6) is 2.51. The molecule has 0 aromatic heterocycles. The van der Waals surface area contributed by atoms with E-state index in [4.69, 9.17) is 26.6 Å². The van der Waals surface area contributed by atoms with E-state index in [9.17, 15) is 4.79 Å². The van der Waals surface area contributed by atoms with Crippen LogP contribution in [-0.2, 0) is 37.5 Å². The van der Waals surface area contributed by atoms with Crippen molar-refractivity contribution in [2.24, 2.45) is 5.14 Å². The molecule has 32 heavy (non-hydrogen) atoms. The van der Waals surface area contributed by atoms with Crippen molar-refractivity contribution in [2.75, 3.05) is 33.4 Å². The molecule has 0 saturated heterocycles. The molecular formula is C22H35BrN3O4SY+. The summed E-state index contributed by atoms with van der Waals surface area (Å²) in [5.41, 5.74) is 0.656. The van der Waals surface area contributed by atoms with Gasteiger partial charge in [0.25, 0.3) is 5.91 Å². The number of benzene rings is 1. The van der Waals surface area contributed by atoms with E-state index in [-0.39, 0.29) is 51.8 Å². The third-order valence-electron chi connectivity index (χ3n) is 4.13. The van der Waals surface area contributed by atoms with Gasteiger partial charge in [-0.25, -0.2) is 4.84 Å². The largest absolute Gasteiger partial charge is 0.396 e. The Bertz CT molecular complexity index is 672. The molecule has 177 valence electrons. The predicted molar refractivity (Wildman–Crippen MR) is 129 cm³/mol. The van der Waals surface area contributed by atoms with Crippen molar-refractivity contribution in [3.8, 4) is 12.3 Å². The Morgan fingerprint density at radius 3 is 2.44 bits per heavy atom. The minimum Gasteiger partial charge on any atom is -0.396 e. The van der Waals surface area contributed by atoms with E-state index in [0.29, 0.717) is 12.1 Å². The molecule has 7 nitrogen and oxygen atoms in total. The van der Waals surface area contributed by atoms with Crippen molar-refractivity contribution in [3.63, 3.8) is 0 Å². The number of aliphatic hydroxyl groups is 2. The van der Waals surface area contributed by atoms with Gasteiger partial charge in [-0.15, -0.1) is 12.3 Å². The fraction of sp³-hybridized carbons (Fsp3) is 0.500.